The minimum absolute atomic E-state index is 0.102. The van der Waals surface area contributed by atoms with Crippen LogP contribution in [0.15, 0.2) is 42.5 Å². The minimum Gasteiger partial charge on any atom is -0.483 e. The average molecular weight is 425 g/mol. The van der Waals surface area contributed by atoms with Gasteiger partial charge in [0, 0.05) is 13.1 Å². The second-order valence-corrected chi connectivity index (χ2v) is 8.07. The summed E-state index contributed by atoms with van der Waals surface area (Å²) in [7, 11) is 0. The highest BCUT2D eigenvalue weighted by atomic mass is 16.5. The number of carbonyl (C=O) groups is 2. The molecule has 0 aliphatic carbocycles. The first-order chi connectivity index (χ1) is 14.9. The van der Waals surface area contributed by atoms with E-state index in [0.717, 1.165) is 35.1 Å². The third kappa shape index (κ3) is 7.12. The summed E-state index contributed by atoms with van der Waals surface area (Å²) < 4.78 is 5.87. The lowest BCUT2D eigenvalue weighted by atomic mass is 10.1. The molecule has 2 rings (SSSR count). The molecule has 0 saturated carbocycles. The highest BCUT2D eigenvalue weighted by Crippen LogP contribution is 2.21. The van der Waals surface area contributed by atoms with Gasteiger partial charge in [0.05, 0.1) is 0 Å². The van der Waals surface area contributed by atoms with E-state index in [2.05, 4.69) is 12.2 Å². The van der Waals surface area contributed by atoms with Crippen LogP contribution < -0.4 is 10.1 Å². The molecule has 0 heterocycles. The van der Waals surface area contributed by atoms with Gasteiger partial charge in [-0.25, -0.2) is 0 Å². The first-order valence-corrected chi connectivity index (χ1v) is 11.2. The summed E-state index contributed by atoms with van der Waals surface area (Å²) in [6.07, 6.45) is 2.47. The van der Waals surface area contributed by atoms with Crippen molar-refractivity contribution in [1.82, 2.24) is 10.2 Å². The number of amides is 2. The maximum atomic E-state index is 13.3. The van der Waals surface area contributed by atoms with Gasteiger partial charge in [-0.1, -0.05) is 62.2 Å². The van der Waals surface area contributed by atoms with Gasteiger partial charge in [0.2, 0.25) is 5.91 Å². The summed E-state index contributed by atoms with van der Waals surface area (Å²) in [4.78, 5) is 27.8. The Hall–Kier alpha value is -2.82. The summed E-state index contributed by atoms with van der Waals surface area (Å²) in [5.74, 6) is 0.396. The number of unbranched alkanes of at least 4 members (excludes halogenated alkanes) is 1. The van der Waals surface area contributed by atoms with E-state index in [4.69, 9.17) is 4.74 Å². The zero-order valence-electron chi connectivity index (χ0n) is 19.5. The van der Waals surface area contributed by atoms with Crippen molar-refractivity contribution in [2.24, 2.45) is 0 Å². The van der Waals surface area contributed by atoms with Gasteiger partial charge in [-0.2, -0.15) is 0 Å². The van der Waals surface area contributed by atoms with E-state index in [-0.39, 0.29) is 18.4 Å². The topological polar surface area (TPSA) is 58.6 Å². The van der Waals surface area contributed by atoms with Crippen molar-refractivity contribution in [2.45, 2.75) is 66.5 Å². The SMILES string of the molecule is CCCCNC(=O)[C@@H](CC)N(Cc1cccc(C)c1)C(=O)COc1cccc(C)c1C. The number of aryl methyl sites for hydroxylation is 2. The largest absolute Gasteiger partial charge is 0.483 e. The summed E-state index contributed by atoms with van der Waals surface area (Å²) in [6, 6.07) is 13.3. The quantitative estimate of drug-likeness (QED) is 0.531. The van der Waals surface area contributed by atoms with Crippen molar-refractivity contribution in [3.63, 3.8) is 0 Å². The maximum absolute atomic E-state index is 13.3. The van der Waals surface area contributed by atoms with E-state index < -0.39 is 6.04 Å². The smallest absolute Gasteiger partial charge is 0.261 e. The minimum atomic E-state index is -0.535. The fourth-order valence-corrected chi connectivity index (χ4v) is 3.54. The molecule has 0 bridgehead atoms. The Morgan fingerprint density at radius 1 is 1.06 bits per heavy atom. The van der Waals surface area contributed by atoms with Crippen molar-refractivity contribution in [1.29, 1.82) is 0 Å². The van der Waals surface area contributed by atoms with Gasteiger partial charge in [-0.05, 0) is 56.4 Å². The number of nitrogens with one attached hydrogen (secondary N) is 1. The van der Waals surface area contributed by atoms with Crippen LogP contribution >= 0.6 is 0 Å². The molecule has 0 aromatic heterocycles. The van der Waals surface area contributed by atoms with Crippen LogP contribution in [-0.2, 0) is 16.1 Å². The van der Waals surface area contributed by atoms with Crippen LogP contribution in [0.25, 0.3) is 0 Å². The Morgan fingerprint density at radius 3 is 2.48 bits per heavy atom. The van der Waals surface area contributed by atoms with Crippen LogP contribution in [0.5, 0.6) is 5.75 Å². The third-order valence-corrected chi connectivity index (χ3v) is 5.56. The molecule has 1 atom stereocenters. The molecule has 5 heteroatoms. The van der Waals surface area contributed by atoms with Crippen LogP contribution in [0, 0.1) is 20.8 Å². The molecule has 0 fully saturated rings. The lowest BCUT2D eigenvalue weighted by Crippen LogP contribution is -2.50. The molecule has 168 valence electrons. The first-order valence-electron chi connectivity index (χ1n) is 11.2. The molecule has 0 aliphatic heterocycles. The van der Waals surface area contributed by atoms with E-state index in [1.807, 2.05) is 70.2 Å². The zero-order chi connectivity index (χ0) is 22.8. The molecule has 2 aromatic rings. The Bertz CT molecular complexity index is 879. The van der Waals surface area contributed by atoms with Gasteiger partial charge in [0.15, 0.2) is 6.61 Å². The number of ether oxygens (including phenoxy) is 1. The average Bonchev–Trinajstić information content (AvgIpc) is 2.74. The van der Waals surface area contributed by atoms with Crippen LogP contribution in [0.3, 0.4) is 0 Å². The van der Waals surface area contributed by atoms with Gasteiger partial charge >= 0.3 is 0 Å². The predicted molar refractivity (Wildman–Crippen MR) is 125 cm³/mol. The Kier molecular flexibility index (Phi) is 9.57. The highest BCUT2D eigenvalue weighted by Gasteiger charge is 2.29. The van der Waals surface area contributed by atoms with Gasteiger partial charge in [-0.15, -0.1) is 0 Å². The summed E-state index contributed by atoms with van der Waals surface area (Å²) in [5, 5.41) is 2.98. The van der Waals surface area contributed by atoms with Crippen LogP contribution in [0.4, 0.5) is 0 Å². The lowest BCUT2D eigenvalue weighted by Gasteiger charge is -2.30. The maximum Gasteiger partial charge on any atom is 0.261 e. The van der Waals surface area contributed by atoms with Gasteiger partial charge < -0.3 is 15.0 Å². The van der Waals surface area contributed by atoms with Gasteiger partial charge in [0.1, 0.15) is 11.8 Å². The van der Waals surface area contributed by atoms with Crippen molar-refractivity contribution in [3.8, 4) is 5.75 Å². The molecule has 5 nitrogen and oxygen atoms in total. The third-order valence-electron chi connectivity index (χ3n) is 5.56. The molecule has 0 saturated heterocycles. The number of hydrogen-bond donors (Lipinski definition) is 1. The van der Waals surface area contributed by atoms with Crippen LogP contribution in [0.2, 0.25) is 0 Å². The predicted octanol–water partition coefficient (Wildman–Crippen LogP) is 4.71. The molecule has 0 aliphatic rings. The Balaban J connectivity index is 2.21. The highest BCUT2D eigenvalue weighted by molar-refractivity contribution is 5.88. The normalized spacial score (nSPS) is 11.6. The van der Waals surface area contributed by atoms with Crippen molar-refractivity contribution >= 4 is 11.8 Å². The van der Waals surface area contributed by atoms with Crippen LogP contribution in [0.1, 0.15) is 55.4 Å². The second-order valence-electron chi connectivity index (χ2n) is 8.07. The zero-order valence-corrected chi connectivity index (χ0v) is 19.5. The second kappa shape index (κ2) is 12.1. The Labute approximate surface area is 186 Å². The van der Waals surface area contributed by atoms with Gasteiger partial charge in [0.25, 0.3) is 5.91 Å². The van der Waals surface area contributed by atoms with E-state index in [1.165, 1.54) is 0 Å². The van der Waals surface area contributed by atoms with Gasteiger partial charge in [-0.3, -0.25) is 9.59 Å². The fraction of sp³-hybridized carbons (Fsp3) is 0.462. The molecule has 0 spiro atoms. The van der Waals surface area contributed by atoms with Crippen molar-refractivity contribution < 1.29 is 14.3 Å². The number of benzene rings is 2. The molecule has 1 N–H and O–H groups in total. The van der Waals surface area contributed by atoms with E-state index >= 15 is 0 Å². The summed E-state index contributed by atoms with van der Waals surface area (Å²) in [6.45, 7) is 10.9. The summed E-state index contributed by atoms with van der Waals surface area (Å²) >= 11 is 0. The first kappa shape index (κ1) is 24.4. The van der Waals surface area contributed by atoms with E-state index in [1.54, 1.807) is 4.90 Å². The molecule has 0 radical (unpaired) electrons. The standard InChI is InChI=1S/C26H36N2O3/c1-6-8-15-27-26(30)23(7-2)28(17-22-13-9-11-19(3)16-22)25(29)18-31-24-14-10-12-20(4)21(24)5/h9-14,16,23H,6-8,15,17-18H2,1-5H3,(H,27,30)/t23-/m1/s1. The summed E-state index contributed by atoms with van der Waals surface area (Å²) in [5.41, 5.74) is 4.25. The molecular formula is C26H36N2O3. The number of rotatable bonds is 11. The lowest BCUT2D eigenvalue weighted by molar-refractivity contribution is -0.143. The van der Waals surface area contributed by atoms with E-state index in [9.17, 15) is 9.59 Å². The van der Waals surface area contributed by atoms with Crippen molar-refractivity contribution in [3.05, 3.63) is 64.7 Å². The monoisotopic (exact) mass is 424 g/mol. The Morgan fingerprint density at radius 2 is 1.81 bits per heavy atom. The number of nitrogens with zero attached hydrogens (tertiary/aromatic N) is 1. The number of carbonyl (C=O) groups excluding carboxylic acids is 2. The fourth-order valence-electron chi connectivity index (χ4n) is 3.54. The molecule has 0 unspecified atom stereocenters. The molecular weight excluding hydrogens is 388 g/mol. The number of hydrogen-bond acceptors (Lipinski definition) is 3. The molecule has 2 amide bonds. The molecule has 2 aromatic carbocycles. The van der Waals surface area contributed by atoms with Crippen molar-refractivity contribution in [2.75, 3.05) is 13.2 Å². The molecule has 31 heavy (non-hydrogen) atoms. The van der Waals surface area contributed by atoms with Crippen LogP contribution in [-0.4, -0.2) is 35.9 Å². The van der Waals surface area contributed by atoms with E-state index in [0.29, 0.717) is 25.3 Å².